The first-order valence-corrected chi connectivity index (χ1v) is 10.5. The van der Waals surface area contributed by atoms with Gasteiger partial charge in [-0.3, -0.25) is 0 Å². The van der Waals surface area contributed by atoms with Gasteiger partial charge < -0.3 is 14.4 Å². The molecule has 3 heterocycles. The average Bonchev–Trinajstić information content (AvgIpc) is 2.90. The van der Waals surface area contributed by atoms with Crippen LogP contribution in [0.4, 0.5) is 5.95 Å². The van der Waals surface area contributed by atoms with Crippen molar-refractivity contribution in [2.75, 3.05) is 43.5 Å². The zero-order valence-corrected chi connectivity index (χ0v) is 15.4. The van der Waals surface area contributed by atoms with Crippen molar-refractivity contribution in [2.45, 2.75) is 31.4 Å². The third kappa shape index (κ3) is 3.69. The smallest absolute Gasteiger partial charge is 0.230 e. The van der Waals surface area contributed by atoms with Crippen LogP contribution in [-0.4, -0.2) is 73.4 Å². The predicted octanol–water partition coefficient (Wildman–Crippen LogP) is 0.912. The van der Waals surface area contributed by atoms with E-state index in [1.54, 1.807) is 10.4 Å². The number of aromatic nitrogens is 2. The lowest BCUT2D eigenvalue weighted by Gasteiger charge is -2.39. The van der Waals surface area contributed by atoms with Crippen LogP contribution in [0.15, 0.2) is 6.07 Å². The van der Waals surface area contributed by atoms with Crippen LogP contribution in [0.25, 0.3) is 0 Å². The molecule has 1 aliphatic carbocycles. The van der Waals surface area contributed by atoms with Crippen LogP contribution < -0.4 is 9.64 Å². The van der Waals surface area contributed by atoms with E-state index in [0.717, 1.165) is 19.5 Å². The Morgan fingerprint density at radius 2 is 1.96 bits per heavy atom. The molecule has 8 nitrogen and oxygen atoms in total. The lowest BCUT2D eigenvalue weighted by molar-refractivity contribution is 0.0514. The minimum Gasteiger partial charge on any atom is -0.474 e. The van der Waals surface area contributed by atoms with E-state index >= 15 is 0 Å². The topological polar surface area (TPSA) is 84.9 Å². The Morgan fingerprint density at radius 1 is 1.20 bits per heavy atom. The quantitative estimate of drug-likeness (QED) is 0.709. The Morgan fingerprint density at radius 3 is 2.64 bits per heavy atom. The van der Waals surface area contributed by atoms with E-state index in [9.17, 15) is 8.42 Å². The summed E-state index contributed by atoms with van der Waals surface area (Å²) in [5, 5.41) is 0.337. The summed E-state index contributed by atoms with van der Waals surface area (Å²) >= 11 is 6.11. The molecule has 0 radical (unpaired) electrons. The molecular weight excluding hydrogens is 368 g/mol. The number of sulfonamides is 1. The lowest BCUT2D eigenvalue weighted by atomic mass is 9.89. The van der Waals surface area contributed by atoms with Crippen LogP contribution >= 0.6 is 11.6 Å². The Labute approximate surface area is 152 Å². The zero-order chi connectivity index (χ0) is 17.4. The van der Waals surface area contributed by atoms with Gasteiger partial charge in [0.1, 0.15) is 11.3 Å². The summed E-state index contributed by atoms with van der Waals surface area (Å²) in [6.07, 6.45) is 2.06. The number of halogens is 1. The van der Waals surface area contributed by atoms with Gasteiger partial charge in [-0.05, 0) is 6.42 Å². The number of ether oxygens (including phenoxy) is 2. The van der Waals surface area contributed by atoms with Crippen LogP contribution in [-0.2, 0) is 14.8 Å². The van der Waals surface area contributed by atoms with E-state index in [1.165, 1.54) is 0 Å². The van der Waals surface area contributed by atoms with Gasteiger partial charge in [-0.25, -0.2) is 13.4 Å². The minimum absolute atomic E-state index is 0.0377. The fourth-order valence-electron chi connectivity index (χ4n) is 3.46. The van der Waals surface area contributed by atoms with E-state index in [0.29, 0.717) is 49.6 Å². The van der Waals surface area contributed by atoms with Crippen LogP contribution in [0.3, 0.4) is 0 Å². The predicted molar refractivity (Wildman–Crippen MR) is 92.6 cm³/mol. The van der Waals surface area contributed by atoms with E-state index in [2.05, 4.69) is 9.97 Å². The Hall–Kier alpha value is -1.16. The molecule has 0 bridgehead atoms. The molecule has 2 saturated heterocycles. The maximum Gasteiger partial charge on any atom is 0.230 e. The summed E-state index contributed by atoms with van der Waals surface area (Å²) in [4.78, 5) is 10.7. The second-order valence-corrected chi connectivity index (χ2v) is 9.00. The van der Waals surface area contributed by atoms with Gasteiger partial charge in [0.25, 0.3) is 0 Å². The molecule has 1 aromatic rings. The fraction of sp³-hybridized carbons (Fsp3) is 0.733. The molecule has 0 N–H and O–H groups in total. The molecule has 0 aromatic carbocycles. The number of hydrogen-bond acceptors (Lipinski definition) is 7. The summed E-state index contributed by atoms with van der Waals surface area (Å²) in [7, 11) is -3.06. The SMILES string of the molecule is O=S1(=O)CCCN1[C@H]1C[C@H](Oc2cc(Cl)nc(N3CCOCC3)n2)C1. The molecule has 3 aliphatic rings. The molecule has 10 heteroatoms. The van der Waals surface area contributed by atoms with Crippen molar-refractivity contribution in [3.8, 4) is 5.88 Å². The van der Waals surface area contributed by atoms with Crippen molar-refractivity contribution < 1.29 is 17.9 Å². The molecule has 25 heavy (non-hydrogen) atoms. The van der Waals surface area contributed by atoms with Gasteiger partial charge in [0, 0.05) is 44.6 Å². The van der Waals surface area contributed by atoms with Crippen molar-refractivity contribution >= 4 is 27.6 Å². The molecule has 0 unspecified atom stereocenters. The van der Waals surface area contributed by atoms with E-state index in [-0.39, 0.29) is 17.9 Å². The lowest BCUT2D eigenvalue weighted by Crippen LogP contribution is -2.49. The third-order valence-corrected chi connectivity index (χ3v) is 7.05. The maximum atomic E-state index is 12.0. The summed E-state index contributed by atoms with van der Waals surface area (Å²) in [5.41, 5.74) is 0. The Kier molecular flexibility index (Phi) is 4.74. The van der Waals surface area contributed by atoms with Crippen molar-refractivity contribution in [3.63, 3.8) is 0 Å². The standard InChI is InChI=1S/C15H21ClN4O4S/c16-13-10-14(18-15(17-13)19-3-5-23-6-4-19)24-12-8-11(9-12)20-2-1-7-25(20,21)22/h10-12H,1-9H2/t11-,12-. The van der Waals surface area contributed by atoms with Gasteiger partial charge in [-0.1, -0.05) is 11.6 Å². The van der Waals surface area contributed by atoms with Crippen LogP contribution in [0, 0.1) is 0 Å². The van der Waals surface area contributed by atoms with E-state index in [4.69, 9.17) is 21.1 Å². The zero-order valence-electron chi connectivity index (χ0n) is 13.8. The highest BCUT2D eigenvalue weighted by molar-refractivity contribution is 7.89. The molecule has 0 amide bonds. The number of morpholine rings is 1. The second-order valence-electron chi connectivity index (χ2n) is 6.57. The summed E-state index contributed by atoms with van der Waals surface area (Å²) in [5.74, 6) is 1.25. The summed E-state index contributed by atoms with van der Waals surface area (Å²) in [6, 6.07) is 1.65. The van der Waals surface area contributed by atoms with Crippen LogP contribution in [0.2, 0.25) is 5.15 Å². The first kappa shape index (κ1) is 17.3. The second kappa shape index (κ2) is 6.86. The molecule has 3 fully saturated rings. The van der Waals surface area contributed by atoms with Gasteiger partial charge in [0.15, 0.2) is 0 Å². The monoisotopic (exact) mass is 388 g/mol. The van der Waals surface area contributed by atoms with Crippen LogP contribution in [0.5, 0.6) is 5.88 Å². The van der Waals surface area contributed by atoms with Crippen molar-refractivity contribution in [2.24, 2.45) is 0 Å². The van der Waals surface area contributed by atoms with Gasteiger partial charge >= 0.3 is 0 Å². The summed E-state index contributed by atoms with van der Waals surface area (Å²) in [6.45, 7) is 3.35. The first-order chi connectivity index (χ1) is 12.0. The average molecular weight is 389 g/mol. The van der Waals surface area contributed by atoms with E-state index < -0.39 is 10.0 Å². The molecule has 1 saturated carbocycles. The minimum atomic E-state index is -3.06. The van der Waals surface area contributed by atoms with Gasteiger partial charge in [-0.2, -0.15) is 9.29 Å². The van der Waals surface area contributed by atoms with Crippen molar-refractivity contribution in [3.05, 3.63) is 11.2 Å². The van der Waals surface area contributed by atoms with Crippen molar-refractivity contribution in [1.29, 1.82) is 0 Å². The Balaban J connectivity index is 1.38. The first-order valence-electron chi connectivity index (χ1n) is 8.55. The molecule has 0 spiro atoms. The number of nitrogens with zero attached hydrogens (tertiary/aromatic N) is 4. The number of anilines is 1. The van der Waals surface area contributed by atoms with Gasteiger partial charge in [0.05, 0.1) is 19.0 Å². The number of rotatable bonds is 4. The largest absolute Gasteiger partial charge is 0.474 e. The highest BCUT2D eigenvalue weighted by Gasteiger charge is 2.42. The van der Waals surface area contributed by atoms with Crippen LogP contribution in [0.1, 0.15) is 19.3 Å². The van der Waals surface area contributed by atoms with Gasteiger partial charge in [0.2, 0.25) is 21.9 Å². The summed E-state index contributed by atoms with van der Waals surface area (Å²) < 4.78 is 36.8. The maximum absolute atomic E-state index is 12.0. The highest BCUT2D eigenvalue weighted by Crippen LogP contribution is 2.34. The molecule has 0 atom stereocenters. The number of hydrogen-bond donors (Lipinski definition) is 0. The highest BCUT2D eigenvalue weighted by atomic mass is 35.5. The van der Waals surface area contributed by atoms with Crippen molar-refractivity contribution in [1.82, 2.24) is 14.3 Å². The van der Waals surface area contributed by atoms with E-state index in [1.807, 2.05) is 4.90 Å². The normalized spacial score (nSPS) is 29.4. The molecular formula is C15H21ClN4O4S. The fourth-order valence-corrected chi connectivity index (χ4v) is 5.39. The molecule has 2 aliphatic heterocycles. The molecule has 1 aromatic heterocycles. The third-order valence-electron chi connectivity index (χ3n) is 4.86. The molecule has 4 rings (SSSR count). The molecule has 138 valence electrons. The Bertz CT molecular complexity index is 735. The van der Waals surface area contributed by atoms with Gasteiger partial charge in [-0.15, -0.1) is 0 Å².